The van der Waals surface area contributed by atoms with E-state index in [1.165, 1.54) is 25.3 Å². The summed E-state index contributed by atoms with van der Waals surface area (Å²) in [6, 6.07) is 5.54. The highest BCUT2D eigenvalue weighted by atomic mass is 19.1. The maximum Gasteiger partial charge on any atom is 0.339 e. The maximum absolute atomic E-state index is 13.0. The van der Waals surface area contributed by atoms with E-state index in [-0.39, 0.29) is 6.61 Å². The molecule has 0 heterocycles. The number of ether oxygens (including phenoxy) is 2. The first-order valence-corrected chi connectivity index (χ1v) is 4.57. The van der Waals surface area contributed by atoms with Crippen LogP contribution < -0.4 is 0 Å². The van der Waals surface area contributed by atoms with E-state index >= 15 is 0 Å². The minimum absolute atomic E-state index is 0.0454. The number of methoxy groups -OCH3 is 1. The van der Waals surface area contributed by atoms with Gasteiger partial charge in [-0.25, -0.2) is 9.18 Å². The minimum atomic E-state index is -0.989. The predicted octanol–water partition coefficient (Wildman–Crippen LogP) is 1.69. The third-order valence-corrected chi connectivity index (χ3v) is 1.90. The zero-order valence-electron chi connectivity index (χ0n) is 8.77. The molecule has 0 aliphatic rings. The van der Waals surface area contributed by atoms with E-state index in [4.69, 9.17) is 11.2 Å². The fraction of sp³-hybridized carbons (Fsp3) is 0.250. The van der Waals surface area contributed by atoms with Crippen molar-refractivity contribution >= 4 is 5.97 Å². The molecule has 0 spiro atoms. The molecular formula is C12H11FO3. The molecule has 0 radical (unpaired) electrons. The van der Waals surface area contributed by atoms with Gasteiger partial charge in [0, 0.05) is 0 Å². The SMILES string of the molecule is C#CCO[C@@H](C(=O)OC)c1cccc(F)c1. The van der Waals surface area contributed by atoms with Crippen molar-refractivity contribution in [2.24, 2.45) is 0 Å². The van der Waals surface area contributed by atoms with Crippen LogP contribution >= 0.6 is 0 Å². The molecule has 0 aliphatic carbocycles. The Morgan fingerprint density at radius 2 is 2.38 bits per heavy atom. The molecule has 0 unspecified atom stereocenters. The lowest BCUT2D eigenvalue weighted by atomic mass is 10.1. The number of benzene rings is 1. The molecule has 4 heteroatoms. The number of halogens is 1. The Balaban J connectivity index is 2.92. The molecule has 1 aromatic rings. The van der Waals surface area contributed by atoms with E-state index in [0.29, 0.717) is 5.56 Å². The number of hydrogen-bond donors (Lipinski definition) is 0. The minimum Gasteiger partial charge on any atom is -0.467 e. The van der Waals surface area contributed by atoms with Crippen molar-refractivity contribution in [2.45, 2.75) is 6.10 Å². The number of rotatable bonds is 4. The van der Waals surface area contributed by atoms with Gasteiger partial charge in [-0.1, -0.05) is 18.1 Å². The molecule has 0 N–H and O–H groups in total. The van der Waals surface area contributed by atoms with Crippen LogP contribution in [0, 0.1) is 18.2 Å². The van der Waals surface area contributed by atoms with Gasteiger partial charge < -0.3 is 9.47 Å². The maximum atomic E-state index is 13.0. The molecule has 0 saturated heterocycles. The average molecular weight is 222 g/mol. The molecule has 1 rings (SSSR count). The summed E-state index contributed by atoms with van der Waals surface area (Å²) in [5.74, 6) is 1.18. The van der Waals surface area contributed by atoms with E-state index in [0.717, 1.165) is 0 Å². The lowest BCUT2D eigenvalue weighted by Crippen LogP contribution is -2.18. The monoisotopic (exact) mass is 222 g/mol. The van der Waals surface area contributed by atoms with Gasteiger partial charge in [-0.3, -0.25) is 0 Å². The second-order valence-corrected chi connectivity index (χ2v) is 2.97. The summed E-state index contributed by atoms with van der Waals surface area (Å²) in [4.78, 5) is 11.4. The first kappa shape index (κ1) is 12.2. The molecule has 0 saturated carbocycles. The fourth-order valence-electron chi connectivity index (χ4n) is 1.21. The summed E-state index contributed by atoms with van der Waals surface area (Å²) in [6.45, 7) is -0.0454. The second-order valence-electron chi connectivity index (χ2n) is 2.97. The second kappa shape index (κ2) is 5.89. The van der Waals surface area contributed by atoms with Crippen LogP contribution in [0.5, 0.6) is 0 Å². The van der Waals surface area contributed by atoms with Crippen molar-refractivity contribution in [1.29, 1.82) is 0 Å². The average Bonchev–Trinajstić information content (AvgIpc) is 2.29. The summed E-state index contributed by atoms with van der Waals surface area (Å²) in [7, 11) is 1.23. The Morgan fingerprint density at radius 3 is 2.94 bits per heavy atom. The molecule has 0 bridgehead atoms. The van der Waals surface area contributed by atoms with E-state index in [1.54, 1.807) is 6.07 Å². The van der Waals surface area contributed by atoms with Gasteiger partial charge in [0.15, 0.2) is 6.10 Å². The number of hydrogen-bond acceptors (Lipinski definition) is 3. The molecule has 0 amide bonds. The Hall–Kier alpha value is -1.86. The van der Waals surface area contributed by atoms with E-state index < -0.39 is 17.9 Å². The van der Waals surface area contributed by atoms with Crippen molar-refractivity contribution in [3.63, 3.8) is 0 Å². The zero-order chi connectivity index (χ0) is 12.0. The molecule has 0 fully saturated rings. The van der Waals surface area contributed by atoms with E-state index in [2.05, 4.69) is 10.7 Å². The third-order valence-electron chi connectivity index (χ3n) is 1.90. The lowest BCUT2D eigenvalue weighted by Gasteiger charge is -2.14. The molecule has 3 nitrogen and oxygen atoms in total. The number of carbonyl (C=O) groups is 1. The Labute approximate surface area is 93.2 Å². The highest BCUT2D eigenvalue weighted by molar-refractivity contribution is 5.76. The Morgan fingerprint density at radius 1 is 1.62 bits per heavy atom. The summed E-state index contributed by atoms with van der Waals surface area (Å²) in [5, 5.41) is 0. The van der Waals surface area contributed by atoms with Crippen LogP contribution in [0.15, 0.2) is 24.3 Å². The lowest BCUT2D eigenvalue weighted by molar-refractivity contribution is -0.153. The van der Waals surface area contributed by atoms with Gasteiger partial charge in [0.2, 0.25) is 0 Å². The van der Waals surface area contributed by atoms with Gasteiger partial charge in [-0.05, 0) is 17.7 Å². The summed E-state index contributed by atoms with van der Waals surface area (Å²) < 4.78 is 22.6. The van der Waals surface area contributed by atoms with Gasteiger partial charge in [0.05, 0.1) is 7.11 Å². The van der Waals surface area contributed by atoms with E-state index in [1.807, 2.05) is 0 Å². The largest absolute Gasteiger partial charge is 0.467 e. The van der Waals surface area contributed by atoms with Crippen molar-refractivity contribution in [3.8, 4) is 12.3 Å². The standard InChI is InChI=1S/C12H11FO3/c1-3-7-16-11(12(14)15-2)9-5-4-6-10(13)8-9/h1,4-6,8,11H,7H2,2H3/t11-/m1/s1. The summed E-state index contributed by atoms with van der Waals surface area (Å²) in [5.41, 5.74) is 0.377. The van der Waals surface area contributed by atoms with Crippen LogP contribution in [0.4, 0.5) is 4.39 Å². The Bertz CT molecular complexity index is 409. The van der Waals surface area contributed by atoms with Gasteiger partial charge >= 0.3 is 5.97 Å². The predicted molar refractivity (Wildman–Crippen MR) is 55.9 cm³/mol. The number of esters is 1. The van der Waals surface area contributed by atoms with Crippen LogP contribution in [0.3, 0.4) is 0 Å². The normalized spacial score (nSPS) is 11.6. The van der Waals surface area contributed by atoms with Gasteiger partial charge in [0.1, 0.15) is 12.4 Å². The number of carbonyl (C=O) groups excluding carboxylic acids is 1. The molecule has 84 valence electrons. The van der Waals surface area contributed by atoms with Crippen molar-refractivity contribution in [1.82, 2.24) is 0 Å². The van der Waals surface area contributed by atoms with Crippen molar-refractivity contribution < 1.29 is 18.7 Å². The van der Waals surface area contributed by atoms with E-state index in [9.17, 15) is 9.18 Å². The molecule has 0 aliphatic heterocycles. The molecule has 1 aromatic carbocycles. The highest BCUT2D eigenvalue weighted by Crippen LogP contribution is 2.19. The molecular weight excluding hydrogens is 211 g/mol. The van der Waals surface area contributed by atoms with Crippen LogP contribution in [0.2, 0.25) is 0 Å². The van der Waals surface area contributed by atoms with Crippen molar-refractivity contribution in [2.75, 3.05) is 13.7 Å². The first-order chi connectivity index (χ1) is 7.69. The quantitative estimate of drug-likeness (QED) is 0.574. The summed E-state index contributed by atoms with van der Waals surface area (Å²) in [6.07, 6.45) is 4.04. The van der Waals surface area contributed by atoms with Crippen molar-refractivity contribution in [3.05, 3.63) is 35.6 Å². The fourth-order valence-corrected chi connectivity index (χ4v) is 1.21. The molecule has 16 heavy (non-hydrogen) atoms. The van der Waals surface area contributed by atoms with Gasteiger partial charge in [-0.15, -0.1) is 6.42 Å². The van der Waals surface area contributed by atoms with Gasteiger partial charge in [0.25, 0.3) is 0 Å². The summed E-state index contributed by atoms with van der Waals surface area (Å²) >= 11 is 0. The van der Waals surface area contributed by atoms with Gasteiger partial charge in [-0.2, -0.15) is 0 Å². The van der Waals surface area contributed by atoms with Crippen LogP contribution in [-0.2, 0) is 14.3 Å². The molecule has 1 atom stereocenters. The smallest absolute Gasteiger partial charge is 0.339 e. The third kappa shape index (κ3) is 3.07. The number of terminal acetylenes is 1. The highest BCUT2D eigenvalue weighted by Gasteiger charge is 2.22. The van der Waals surface area contributed by atoms with Crippen LogP contribution in [0.1, 0.15) is 11.7 Å². The molecule has 0 aromatic heterocycles. The topological polar surface area (TPSA) is 35.5 Å². The Kier molecular flexibility index (Phi) is 4.49. The zero-order valence-corrected chi connectivity index (χ0v) is 8.77. The van der Waals surface area contributed by atoms with Crippen LogP contribution in [-0.4, -0.2) is 19.7 Å². The van der Waals surface area contributed by atoms with Crippen LogP contribution in [0.25, 0.3) is 0 Å². The first-order valence-electron chi connectivity index (χ1n) is 4.57.